The van der Waals surface area contributed by atoms with Crippen LogP contribution < -0.4 is 14.8 Å². The van der Waals surface area contributed by atoms with Gasteiger partial charge in [-0.05, 0) is 55.3 Å². The molecule has 1 heterocycles. The molecule has 2 fully saturated rings. The second kappa shape index (κ2) is 5.12. The SMILES string of the molecule is Clc1cc(C2CC2CNC2CC2)cc2c1OCCCO2. The Balaban J connectivity index is 1.48. The highest BCUT2D eigenvalue weighted by atomic mass is 35.5. The summed E-state index contributed by atoms with van der Waals surface area (Å²) in [5, 5.41) is 4.31. The first-order chi connectivity index (χ1) is 9.81. The molecule has 2 saturated carbocycles. The number of benzene rings is 1. The lowest BCUT2D eigenvalue weighted by atomic mass is 10.1. The average molecular weight is 294 g/mol. The van der Waals surface area contributed by atoms with Crippen molar-refractivity contribution in [1.29, 1.82) is 0 Å². The van der Waals surface area contributed by atoms with E-state index in [4.69, 9.17) is 21.1 Å². The van der Waals surface area contributed by atoms with Crippen molar-refractivity contribution in [3.8, 4) is 11.5 Å². The zero-order valence-electron chi connectivity index (χ0n) is 11.5. The van der Waals surface area contributed by atoms with Crippen LogP contribution >= 0.6 is 11.6 Å². The minimum Gasteiger partial charge on any atom is -0.489 e. The summed E-state index contributed by atoms with van der Waals surface area (Å²) in [5.41, 5.74) is 1.31. The molecule has 1 N–H and O–H groups in total. The molecule has 1 aromatic rings. The Labute approximate surface area is 124 Å². The van der Waals surface area contributed by atoms with Crippen LogP contribution in [0, 0.1) is 5.92 Å². The van der Waals surface area contributed by atoms with E-state index in [-0.39, 0.29) is 0 Å². The molecule has 2 aliphatic carbocycles. The van der Waals surface area contributed by atoms with E-state index in [1.54, 1.807) is 0 Å². The molecular weight excluding hydrogens is 274 g/mol. The number of ether oxygens (including phenoxy) is 2. The number of nitrogens with one attached hydrogen (secondary N) is 1. The molecule has 0 amide bonds. The predicted molar refractivity (Wildman–Crippen MR) is 78.9 cm³/mol. The Kier molecular flexibility index (Phi) is 3.27. The van der Waals surface area contributed by atoms with Gasteiger partial charge in [-0.3, -0.25) is 0 Å². The molecule has 0 saturated heterocycles. The first-order valence-electron chi connectivity index (χ1n) is 7.63. The Morgan fingerprint density at radius 2 is 2.05 bits per heavy atom. The molecule has 3 nitrogen and oxygen atoms in total. The standard InChI is InChI=1S/C16H20ClNO2/c17-14-7-10(8-15-16(14)20-5-1-4-19-15)13-6-11(13)9-18-12-2-3-12/h7-8,11-13,18H,1-6,9H2. The van der Waals surface area contributed by atoms with Gasteiger partial charge in [0.2, 0.25) is 0 Å². The maximum Gasteiger partial charge on any atom is 0.179 e. The van der Waals surface area contributed by atoms with Gasteiger partial charge in [-0.1, -0.05) is 11.6 Å². The normalized spacial score (nSPS) is 28.1. The molecule has 0 spiro atoms. The number of fused-ring (bicyclic) bond motifs is 1. The number of rotatable bonds is 4. The minimum atomic E-state index is 0.635. The van der Waals surface area contributed by atoms with Crippen molar-refractivity contribution < 1.29 is 9.47 Å². The van der Waals surface area contributed by atoms with Crippen molar-refractivity contribution in [2.24, 2.45) is 5.92 Å². The summed E-state index contributed by atoms with van der Waals surface area (Å²) in [6.45, 7) is 2.54. The molecule has 0 radical (unpaired) electrons. The Morgan fingerprint density at radius 3 is 2.90 bits per heavy atom. The van der Waals surface area contributed by atoms with Gasteiger partial charge in [-0.15, -0.1) is 0 Å². The minimum absolute atomic E-state index is 0.635. The van der Waals surface area contributed by atoms with Crippen molar-refractivity contribution in [2.75, 3.05) is 19.8 Å². The lowest BCUT2D eigenvalue weighted by Crippen LogP contribution is -2.19. The molecule has 20 heavy (non-hydrogen) atoms. The van der Waals surface area contributed by atoms with Crippen LogP contribution in [0.5, 0.6) is 11.5 Å². The van der Waals surface area contributed by atoms with Gasteiger partial charge in [0.1, 0.15) is 0 Å². The van der Waals surface area contributed by atoms with Gasteiger partial charge < -0.3 is 14.8 Å². The monoisotopic (exact) mass is 293 g/mol. The van der Waals surface area contributed by atoms with Crippen LogP contribution in [-0.4, -0.2) is 25.8 Å². The molecule has 108 valence electrons. The first-order valence-corrected chi connectivity index (χ1v) is 8.01. The quantitative estimate of drug-likeness (QED) is 0.923. The van der Waals surface area contributed by atoms with Gasteiger partial charge in [-0.2, -0.15) is 0 Å². The predicted octanol–water partition coefficient (Wildman–Crippen LogP) is 3.36. The summed E-state index contributed by atoms with van der Waals surface area (Å²) in [5.74, 6) is 2.94. The lowest BCUT2D eigenvalue weighted by Gasteiger charge is -2.11. The average Bonchev–Trinajstić information content (AvgIpc) is 3.29. The van der Waals surface area contributed by atoms with Gasteiger partial charge in [0.25, 0.3) is 0 Å². The summed E-state index contributed by atoms with van der Waals surface area (Å²) in [6.07, 6.45) is 4.88. The maximum atomic E-state index is 6.36. The fourth-order valence-electron chi connectivity index (χ4n) is 2.95. The Bertz CT molecular complexity index is 515. The van der Waals surface area contributed by atoms with Crippen molar-refractivity contribution >= 4 is 11.6 Å². The smallest absolute Gasteiger partial charge is 0.179 e. The second-order valence-electron chi connectivity index (χ2n) is 6.17. The van der Waals surface area contributed by atoms with Crippen molar-refractivity contribution in [3.63, 3.8) is 0 Å². The molecule has 4 rings (SSSR count). The Morgan fingerprint density at radius 1 is 1.20 bits per heavy atom. The fourth-order valence-corrected chi connectivity index (χ4v) is 3.23. The van der Waals surface area contributed by atoms with E-state index in [1.807, 2.05) is 0 Å². The molecule has 2 atom stereocenters. The summed E-state index contributed by atoms with van der Waals surface area (Å²) in [6, 6.07) is 4.99. The van der Waals surface area contributed by atoms with E-state index in [9.17, 15) is 0 Å². The molecule has 0 aromatic heterocycles. The molecule has 0 bridgehead atoms. The van der Waals surface area contributed by atoms with E-state index in [0.717, 1.165) is 36.4 Å². The summed E-state index contributed by atoms with van der Waals surface area (Å²) < 4.78 is 11.4. The lowest BCUT2D eigenvalue weighted by molar-refractivity contribution is 0.297. The molecule has 1 aliphatic heterocycles. The highest BCUT2D eigenvalue weighted by Gasteiger charge is 2.39. The van der Waals surface area contributed by atoms with Gasteiger partial charge in [0.15, 0.2) is 11.5 Å². The zero-order chi connectivity index (χ0) is 13.5. The van der Waals surface area contributed by atoms with E-state index >= 15 is 0 Å². The number of halogens is 1. The summed E-state index contributed by atoms with van der Waals surface area (Å²) in [7, 11) is 0. The van der Waals surface area contributed by atoms with Gasteiger partial charge in [0.05, 0.1) is 18.2 Å². The van der Waals surface area contributed by atoms with Gasteiger partial charge >= 0.3 is 0 Å². The number of hydrogen-bond acceptors (Lipinski definition) is 3. The topological polar surface area (TPSA) is 30.5 Å². The number of hydrogen-bond donors (Lipinski definition) is 1. The zero-order valence-corrected chi connectivity index (χ0v) is 12.3. The summed E-state index contributed by atoms with van der Waals surface area (Å²) in [4.78, 5) is 0. The Hall–Kier alpha value is -0.930. The van der Waals surface area contributed by atoms with E-state index in [2.05, 4.69) is 17.4 Å². The second-order valence-corrected chi connectivity index (χ2v) is 6.57. The molecule has 4 heteroatoms. The van der Waals surface area contributed by atoms with E-state index in [0.29, 0.717) is 24.2 Å². The molecule has 2 unspecified atom stereocenters. The third-order valence-corrected chi connectivity index (χ3v) is 4.70. The van der Waals surface area contributed by atoms with Gasteiger partial charge in [0, 0.05) is 12.5 Å². The maximum absolute atomic E-state index is 6.36. The van der Waals surface area contributed by atoms with Crippen LogP contribution in [0.2, 0.25) is 5.02 Å². The van der Waals surface area contributed by atoms with Gasteiger partial charge in [-0.25, -0.2) is 0 Å². The molecule has 1 aromatic carbocycles. The van der Waals surface area contributed by atoms with Crippen LogP contribution in [0.15, 0.2) is 12.1 Å². The van der Waals surface area contributed by atoms with Crippen LogP contribution in [-0.2, 0) is 0 Å². The fraction of sp³-hybridized carbons (Fsp3) is 0.625. The first kappa shape index (κ1) is 12.8. The van der Waals surface area contributed by atoms with E-state index in [1.165, 1.54) is 24.8 Å². The molecular formula is C16H20ClNO2. The van der Waals surface area contributed by atoms with E-state index < -0.39 is 0 Å². The highest BCUT2D eigenvalue weighted by molar-refractivity contribution is 6.32. The van der Waals surface area contributed by atoms with Crippen LogP contribution in [0.3, 0.4) is 0 Å². The van der Waals surface area contributed by atoms with Crippen molar-refractivity contribution in [3.05, 3.63) is 22.7 Å². The molecule has 3 aliphatic rings. The summed E-state index contributed by atoms with van der Waals surface area (Å²) >= 11 is 6.36. The highest BCUT2D eigenvalue weighted by Crippen LogP contribution is 2.50. The third-order valence-electron chi connectivity index (χ3n) is 4.42. The largest absolute Gasteiger partial charge is 0.489 e. The van der Waals surface area contributed by atoms with Crippen molar-refractivity contribution in [2.45, 2.75) is 37.6 Å². The van der Waals surface area contributed by atoms with Crippen LogP contribution in [0.4, 0.5) is 0 Å². The van der Waals surface area contributed by atoms with Crippen LogP contribution in [0.25, 0.3) is 0 Å². The van der Waals surface area contributed by atoms with Crippen LogP contribution in [0.1, 0.15) is 37.2 Å². The third kappa shape index (κ3) is 2.61. The van der Waals surface area contributed by atoms with Crippen molar-refractivity contribution in [1.82, 2.24) is 5.32 Å².